The number of H-pyrrole nitrogens is 1. The van der Waals surface area contributed by atoms with Crippen LogP contribution in [0.1, 0.15) is 50.3 Å². The van der Waals surface area contributed by atoms with Crippen molar-refractivity contribution in [3.05, 3.63) is 68.7 Å². The van der Waals surface area contributed by atoms with E-state index in [4.69, 9.17) is 9.47 Å². The number of esters is 1. The van der Waals surface area contributed by atoms with E-state index in [2.05, 4.69) is 0 Å². The van der Waals surface area contributed by atoms with E-state index in [1.165, 1.54) is 19.3 Å². The van der Waals surface area contributed by atoms with Gasteiger partial charge in [-0.05, 0) is 56.3 Å². The quantitative estimate of drug-likeness (QED) is 0.564. The third-order valence-electron chi connectivity index (χ3n) is 7.15. The molecule has 1 aromatic heterocycles. The van der Waals surface area contributed by atoms with Crippen molar-refractivity contribution in [3.63, 3.8) is 0 Å². The smallest absolute Gasteiger partial charge is 0.330 e. The van der Waals surface area contributed by atoms with Gasteiger partial charge in [-0.15, -0.1) is 0 Å². The number of nitrogens with one attached hydrogen (secondary N) is 1. The number of ether oxygens (including phenoxy) is 2. The van der Waals surface area contributed by atoms with Crippen LogP contribution in [-0.4, -0.2) is 22.3 Å². The number of carbonyl (C=O) groups is 1. The molecule has 2 aromatic rings. The zero-order valence-electron chi connectivity index (χ0n) is 17.1. The first-order valence-electron chi connectivity index (χ1n) is 10.8. The molecule has 1 heterocycles. The number of nitrogens with zero attached hydrogens (tertiary/aromatic N) is 1. The second kappa shape index (κ2) is 7.75. The number of halogens is 1. The van der Waals surface area contributed by atoms with Crippen LogP contribution >= 0.6 is 0 Å². The lowest BCUT2D eigenvalue weighted by Crippen LogP contribution is -2.50. The van der Waals surface area contributed by atoms with Gasteiger partial charge in [0.2, 0.25) is 5.82 Å². The summed E-state index contributed by atoms with van der Waals surface area (Å²) in [5.41, 5.74) is -1.77. The molecule has 31 heavy (non-hydrogen) atoms. The summed E-state index contributed by atoms with van der Waals surface area (Å²) in [4.78, 5) is 38.7. The summed E-state index contributed by atoms with van der Waals surface area (Å²) in [5, 5.41) is 0. The molecule has 1 unspecified atom stereocenters. The molecular weight excluding hydrogens is 403 g/mol. The van der Waals surface area contributed by atoms with Crippen LogP contribution in [0.4, 0.5) is 4.39 Å². The molecule has 1 N–H and O–H groups in total. The second-order valence-corrected chi connectivity index (χ2v) is 9.32. The average molecular weight is 428 g/mol. The molecule has 6 rings (SSSR count). The molecule has 0 radical (unpaired) electrons. The van der Waals surface area contributed by atoms with E-state index < -0.39 is 28.7 Å². The lowest BCUT2D eigenvalue weighted by Gasteiger charge is -2.55. The van der Waals surface area contributed by atoms with Crippen LogP contribution in [0.2, 0.25) is 0 Å². The Balaban J connectivity index is 1.33. The van der Waals surface area contributed by atoms with E-state index in [1.54, 1.807) is 30.3 Å². The first-order valence-corrected chi connectivity index (χ1v) is 10.8. The molecule has 4 aliphatic rings. The molecule has 1 atom stereocenters. The Morgan fingerprint density at radius 3 is 2.32 bits per heavy atom. The van der Waals surface area contributed by atoms with Crippen molar-refractivity contribution >= 4 is 5.97 Å². The van der Waals surface area contributed by atoms with E-state index in [0.29, 0.717) is 23.3 Å². The fraction of sp³-hybridized carbons (Fsp3) is 0.522. The van der Waals surface area contributed by atoms with Crippen LogP contribution in [0.25, 0.3) is 0 Å². The molecule has 0 saturated heterocycles. The molecule has 0 aliphatic heterocycles. The van der Waals surface area contributed by atoms with Crippen molar-refractivity contribution in [1.29, 1.82) is 0 Å². The number of benzene rings is 1. The number of aromatic amines is 1. The highest BCUT2D eigenvalue weighted by atomic mass is 19.1. The molecule has 0 spiro atoms. The summed E-state index contributed by atoms with van der Waals surface area (Å²) < 4.78 is 26.1. The van der Waals surface area contributed by atoms with Gasteiger partial charge in [-0.25, -0.2) is 4.79 Å². The van der Waals surface area contributed by atoms with E-state index >= 15 is 0 Å². The third kappa shape index (κ3) is 3.73. The summed E-state index contributed by atoms with van der Waals surface area (Å²) in [6.45, 7) is -0.368. The molecule has 1 aromatic carbocycles. The topological polar surface area (TPSA) is 90.4 Å². The lowest BCUT2D eigenvalue weighted by atomic mass is 9.49. The summed E-state index contributed by atoms with van der Waals surface area (Å²) in [6, 6.07) is 8.71. The summed E-state index contributed by atoms with van der Waals surface area (Å²) in [7, 11) is 0. The maximum absolute atomic E-state index is 13.9. The highest BCUT2D eigenvalue weighted by Crippen LogP contribution is 2.60. The van der Waals surface area contributed by atoms with E-state index in [0.717, 1.165) is 30.0 Å². The molecule has 4 bridgehead atoms. The van der Waals surface area contributed by atoms with Crippen LogP contribution in [0.3, 0.4) is 0 Å². The minimum atomic E-state index is -1.10. The maximum atomic E-state index is 13.9. The van der Waals surface area contributed by atoms with Crippen molar-refractivity contribution in [2.24, 2.45) is 23.2 Å². The fourth-order valence-electron chi connectivity index (χ4n) is 6.26. The zero-order chi connectivity index (χ0) is 21.6. The Bertz CT molecular complexity index is 1060. The van der Waals surface area contributed by atoms with Crippen molar-refractivity contribution in [2.45, 2.75) is 44.8 Å². The number of aromatic nitrogens is 2. The van der Waals surface area contributed by atoms with Gasteiger partial charge < -0.3 is 9.47 Å². The van der Waals surface area contributed by atoms with E-state index in [-0.39, 0.29) is 12.8 Å². The Morgan fingerprint density at radius 2 is 1.71 bits per heavy atom. The summed E-state index contributed by atoms with van der Waals surface area (Å²) >= 11 is 0. The summed E-state index contributed by atoms with van der Waals surface area (Å²) in [6.07, 6.45) is 6.06. The average Bonchev–Trinajstić information content (AvgIpc) is 2.74. The molecular formula is C23H25FN2O5. The molecule has 0 amide bonds. The molecule has 8 heteroatoms. The van der Waals surface area contributed by atoms with Crippen LogP contribution in [0.5, 0.6) is 0 Å². The van der Waals surface area contributed by atoms with Gasteiger partial charge in [0.05, 0.1) is 11.6 Å². The summed E-state index contributed by atoms with van der Waals surface area (Å²) in [5.74, 6) is 0.492. The first kappa shape index (κ1) is 20.2. The third-order valence-corrected chi connectivity index (χ3v) is 7.15. The molecule has 4 aliphatic carbocycles. The van der Waals surface area contributed by atoms with Gasteiger partial charge in [0.25, 0.3) is 5.56 Å². The maximum Gasteiger partial charge on any atom is 0.330 e. The minimum Gasteiger partial charge on any atom is -0.438 e. The molecule has 4 saturated carbocycles. The highest BCUT2D eigenvalue weighted by Gasteiger charge is 2.55. The Labute approximate surface area is 178 Å². The van der Waals surface area contributed by atoms with Gasteiger partial charge in [0, 0.05) is 5.56 Å². The van der Waals surface area contributed by atoms with Crippen molar-refractivity contribution < 1.29 is 18.7 Å². The molecule has 164 valence electrons. The van der Waals surface area contributed by atoms with Crippen LogP contribution in [0.15, 0.2) is 46.1 Å². The first-order chi connectivity index (χ1) is 14.9. The van der Waals surface area contributed by atoms with Crippen LogP contribution < -0.4 is 11.2 Å². The fourth-order valence-corrected chi connectivity index (χ4v) is 6.26. The standard InChI is InChI=1S/C23H25FN2O5/c24-18-12-26(22(29)25-19(18)27)20(17-4-2-1-3-5-17)30-13-31-21(28)23-9-14-6-15(10-23)8-16(7-14)11-23/h1-5,12,14-16,20H,6-11,13H2,(H,25,27,29). The SMILES string of the molecule is O=C(OCOC(c1ccccc1)n1cc(F)c(=O)[nH]c1=O)C12CC3CC(CC(C3)C1)C2. The predicted octanol–water partition coefficient (Wildman–Crippen LogP) is 2.96. The minimum absolute atomic E-state index is 0.238. The number of hydrogen-bond donors (Lipinski definition) is 1. The Hall–Kier alpha value is -2.74. The molecule has 4 fully saturated rings. The van der Waals surface area contributed by atoms with Gasteiger partial charge in [-0.2, -0.15) is 4.39 Å². The lowest BCUT2D eigenvalue weighted by molar-refractivity contribution is -0.188. The zero-order valence-corrected chi connectivity index (χ0v) is 17.1. The van der Waals surface area contributed by atoms with Gasteiger partial charge in [-0.1, -0.05) is 30.3 Å². The van der Waals surface area contributed by atoms with Gasteiger partial charge in [0.15, 0.2) is 13.0 Å². The van der Waals surface area contributed by atoms with E-state index in [1.807, 2.05) is 4.98 Å². The monoisotopic (exact) mass is 428 g/mol. The van der Waals surface area contributed by atoms with Crippen LogP contribution in [-0.2, 0) is 14.3 Å². The van der Waals surface area contributed by atoms with Crippen molar-refractivity contribution in [2.75, 3.05) is 6.79 Å². The van der Waals surface area contributed by atoms with Gasteiger partial charge in [0.1, 0.15) is 0 Å². The number of carbonyl (C=O) groups excluding carboxylic acids is 1. The largest absolute Gasteiger partial charge is 0.438 e. The van der Waals surface area contributed by atoms with Crippen LogP contribution in [0, 0.1) is 29.0 Å². The Morgan fingerprint density at radius 1 is 1.10 bits per heavy atom. The van der Waals surface area contributed by atoms with E-state index in [9.17, 15) is 18.8 Å². The van der Waals surface area contributed by atoms with Crippen molar-refractivity contribution in [1.82, 2.24) is 9.55 Å². The second-order valence-electron chi connectivity index (χ2n) is 9.32. The van der Waals surface area contributed by atoms with Gasteiger partial charge >= 0.3 is 11.7 Å². The van der Waals surface area contributed by atoms with Gasteiger partial charge in [-0.3, -0.25) is 19.1 Å². The number of rotatable bonds is 6. The highest BCUT2D eigenvalue weighted by molar-refractivity contribution is 5.77. The Kier molecular flexibility index (Phi) is 5.04. The molecule has 7 nitrogen and oxygen atoms in total. The normalized spacial score (nSPS) is 29.6. The van der Waals surface area contributed by atoms with Crippen molar-refractivity contribution in [3.8, 4) is 0 Å². The number of hydrogen-bond acceptors (Lipinski definition) is 5. The predicted molar refractivity (Wildman–Crippen MR) is 109 cm³/mol.